The van der Waals surface area contributed by atoms with Gasteiger partial charge in [0.1, 0.15) is 5.82 Å². The molecule has 25 heavy (non-hydrogen) atoms. The van der Waals surface area contributed by atoms with Crippen molar-refractivity contribution in [2.24, 2.45) is 0 Å². The van der Waals surface area contributed by atoms with Gasteiger partial charge in [-0.25, -0.2) is 4.39 Å². The lowest BCUT2D eigenvalue weighted by atomic mass is 10.2. The van der Waals surface area contributed by atoms with Crippen molar-refractivity contribution >= 4 is 39.1 Å². The van der Waals surface area contributed by atoms with Gasteiger partial charge in [0.25, 0.3) is 5.91 Å². The van der Waals surface area contributed by atoms with Crippen LogP contribution < -0.4 is 5.32 Å². The summed E-state index contributed by atoms with van der Waals surface area (Å²) < 4.78 is 17.0. The molecule has 0 aliphatic heterocycles. The number of carbonyl (C=O) groups is 1. The third-order valence-electron chi connectivity index (χ3n) is 3.49. The monoisotopic (exact) mass is 425 g/mol. The zero-order valence-corrected chi connectivity index (χ0v) is 15.6. The second kappa shape index (κ2) is 7.37. The molecule has 1 aromatic carbocycles. The van der Waals surface area contributed by atoms with Crippen LogP contribution in [-0.2, 0) is 13.1 Å². The third-order valence-corrected chi connectivity index (χ3v) is 4.43. The Bertz CT molecular complexity index is 923. The molecule has 130 valence electrons. The van der Waals surface area contributed by atoms with Gasteiger partial charge in [0, 0.05) is 24.0 Å². The van der Waals surface area contributed by atoms with Crippen molar-refractivity contribution in [1.82, 2.24) is 19.6 Å². The Labute approximate surface area is 156 Å². The molecule has 2 heterocycles. The summed E-state index contributed by atoms with van der Waals surface area (Å²) in [6.07, 6.45) is 4.94. The largest absolute Gasteiger partial charge is 0.318 e. The minimum Gasteiger partial charge on any atom is -0.318 e. The van der Waals surface area contributed by atoms with Crippen molar-refractivity contribution in [1.29, 1.82) is 0 Å². The van der Waals surface area contributed by atoms with Crippen LogP contribution in [0, 0.1) is 5.82 Å². The van der Waals surface area contributed by atoms with E-state index in [9.17, 15) is 9.18 Å². The number of hydrogen-bond donors (Lipinski definition) is 1. The molecule has 3 aromatic rings. The number of benzene rings is 1. The molecule has 0 fully saturated rings. The molecule has 0 spiro atoms. The lowest BCUT2D eigenvalue weighted by Crippen LogP contribution is -2.13. The van der Waals surface area contributed by atoms with Gasteiger partial charge in [0.05, 0.1) is 22.9 Å². The first-order chi connectivity index (χ1) is 12.0. The number of halogens is 3. The molecule has 0 atom stereocenters. The van der Waals surface area contributed by atoms with E-state index in [2.05, 4.69) is 31.4 Å². The van der Waals surface area contributed by atoms with Crippen molar-refractivity contribution in [2.75, 3.05) is 5.32 Å². The molecule has 0 radical (unpaired) electrons. The zero-order valence-electron chi connectivity index (χ0n) is 13.2. The maximum atomic E-state index is 13.1. The van der Waals surface area contributed by atoms with Crippen molar-refractivity contribution in [3.8, 4) is 0 Å². The van der Waals surface area contributed by atoms with Gasteiger partial charge < -0.3 is 5.32 Å². The third kappa shape index (κ3) is 4.08. The number of aromatic nitrogens is 4. The van der Waals surface area contributed by atoms with Crippen LogP contribution in [0.5, 0.6) is 0 Å². The second-order valence-corrected chi connectivity index (χ2v) is 6.56. The number of anilines is 1. The molecule has 0 aliphatic carbocycles. The number of hydrogen-bond acceptors (Lipinski definition) is 3. The van der Waals surface area contributed by atoms with Crippen LogP contribution in [-0.4, -0.2) is 25.5 Å². The van der Waals surface area contributed by atoms with Crippen LogP contribution in [0.1, 0.15) is 23.0 Å². The summed E-state index contributed by atoms with van der Waals surface area (Å²) in [5.74, 6) is -0.724. The van der Waals surface area contributed by atoms with E-state index in [-0.39, 0.29) is 11.7 Å². The molecule has 1 N–H and O–H groups in total. The highest BCUT2D eigenvalue weighted by atomic mass is 79.9. The zero-order chi connectivity index (χ0) is 18.0. The Balaban J connectivity index is 1.70. The summed E-state index contributed by atoms with van der Waals surface area (Å²) in [6.45, 7) is 2.97. The number of nitrogens with zero attached hydrogens (tertiary/aromatic N) is 4. The molecule has 2 aromatic heterocycles. The fraction of sp³-hybridized carbons (Fsp3) is 0.188. The highest BCUT2D eigenvalue weighted by Gasteiger charge is 2.16. The van der Waals surface area contributed by atoms with Crippen molar-refractivity contribution in [3.63, 3.8) is 0 Å². The fourth-order valence-corrected chi connectivity index (χ4v) is 2.96. The van der Waals surface area contributed by atoms with Gasteiger partial charge in [-0.2, -0.15) is 10.2 Å². The van der Waals surface area contributed by atoms with Gasteiger partial charge in [-0.15, -0.1) is 0 Å². The minimum absolute atomic E-state index is 0.302. The molecule has 0 saturated heterocycles. The van der Waals surface area contributed by atoms with E-state index in [0.29, 0.717) is 34.0 Å². The topological polar surface area (TPSA) is 64.7 Å². The lowest BCUT2D eigenvalue weighted by molar-refractivity contribution is 0.102. The molecular weight excluding hydrogens is 413 g/mol. The first-order valence-electron chi connectivity index (χ1n) is 7.47. The Hall–Kier alpha value is -2.19. The average Bonchev–Trinajstić information content (AvgIpc) is 3.16. The van der Waals surface area contributed by atoms with Crippen molar-refractivity contribution in [2.45, 2.75) is 20.0 Å². The van der Waals surface area contributed by atoms with E-state index >= 15 is 0 Å². The maximum absolute atomic E-state index is 13.1. The van der Waals surface area contributed by atoms with E-state index in [1.165, 1.54) is 18.3 Å². The Kier molecular flexibility index (Phi) is 5.19. The van der Waals surface area contributed by atoms with Crippen LogP contribution in [0.3, 0.4) is 0 Å². The lowest BCUT2D eigenvalue weighted by Gasteiger charge is -2.04. The molecule has 0 unspecified atom stereocenters. The van der Waals surface area contributed by atoms with E-state index in [0.717, 1.165) is 5.56 Å². The SMILES string of the molecule is CCn1cc(Br)c(C(=O)Nc2cnn(Cc3ccc(F)cc3Cl)c2)n1. The van der Waals surface area contributed by atoms with Crippen LogP contribution in [0.25, 0.3) is 0 Å². The molecule has 3 rings (SSSR count). The molecule has 6 nitrogen and oxygen atoms in total. The number of amides is 1. The smallest absolute Gasteiger partial charge is 0.277 e. The summed E-state index contributed by atoms with van der Waals surface area (Å²) in [6, 6.07) is 4.20. The molecule has 0 saturated carbocycles. The number of aryl methyl sites for hydroxylation is 1. The minimum atomic E-state index is -0.390. The van der Waals surface area contributed by atoms with E-state index in [1.807, 2.05) is 6.92 Å². The molecule has 0 bridgehead atoms. The van der Waals surface area contributed by atoms with Crippen LogP contribution in [0.15, 0.2) is 41.3 Å². The van der Waals surface area contributed by atoms with Gasteiger partial charge in [-0.3, -0.25) is 14.2 Å². The first-order valence-corrected chi connectivity index (χ1v) is 8.64. The predicted octanol–water partition coefficient (Wildman–Crippen LogP) is 3.96. The summed E-state index contributed by atoms with van der Waals surface area (Å²) >= 11 is 9.34. The predicted molar refractivity (Wildman–Crippen MR) is 96.3 cm³/mol. The summed E-state index contributed by atoms with van der Waals surface area (Å²) in [7, 11) is 0. The summed E-state index contributed by atoms with van der Waals surface area (Å²) in [5.41, 5.74) is 1.56. The maximum Gasteiger partial charge on any atom is 0.277 e. The van der Waals surface area contributed by atoms with Crippen LogP contribution in [0.2, 0.25) is 5.02 Å². The van der Waals surface area contributed by atoms with Crippen molar-refractivity contribution in [3.05, 3.63) is 63.4 Å². The van der Waals surface area contributed by atoms with E-state index in [4.69, 9.17) is 11.6 Å². The van der Waals surface area contributed by atoms with E-state index < -0.39 is 0 Å². The molecular formula is C16H14BrClFN5O. The number of nitrogens with one attached hydrogen (secondary N) is 1. The van der Waals surface area contributed by atoms with E-state index in [1.54, 1.807) is 27.8 Å². The van der Waals surface area contributed by atoms with Gasteiger partial charge >= 0.3 is 0 Å². The summed E-state index contributed by atoms with van der Waals surface area (Å²) in [4.78, 5) is 12.3. The normalized spacial score (nSPS) is 10.9. The quantitative estimate of drug-likeness (QED) is 0.672. The van der Waals surface area contributed by atoms with Crippen LogP contribution in [0.4, 0.5) is 10.1 Å². The molecule has 0 aliphatic rings. The first kappa shape index (κ1) is 17.6. The summed E-state index contributed by atoms with van der Waals surface area (Å²) in [5, 5.41) is 11.4. The highest BCUT2D eigenvalue weighted by Crippen LogP contribution is 2.20. The van der Waals surface area contributed by atoms with Crippen molar-refractivity contribution < 1.29 is 9.18 Å². The van der Waals surface area contributed by atoms with Gasteiger partial charge in [0.15, 0.2) is 5.69 Å². The van der Waals surface area contributed by atoms with Gasteiger partial charge in [-0.05, 0) is 40.5 Å². The highest BCUT2D eigenvalue weighted by molar-refractivity contribution is 9.10. The van der Waals surface area contributed by atoms with Gasteiger partial charge in [-0.1, -0.05) is 17.7 Å². The standard InChI is InChI=1S/C16H14BrClFN5O/c1-2-23-9-13(17)15(22-23)16(25)21-12-6-20-24(8-12)7-10-3-4-11(19)5-14(10)18/h3-6,8-9H,2,7H2,1H3,(H,21,25). The average molecular weight is 427 g/mol. The van der Waals surface area contributed by atoms with Gasteiger partial charge in [0.2, 0.25) is 0 Å². The Morgan fingerprint density at radius 2 is 2.16 bits per heavy atom. The molecule has 9 heteroatoms. The van der Waals surface area contributed by atoms with Crippen LogP contribution >= 0.6 is 27.5 Å². The second-order valence-electron chi connectivity index (χ2n) is 5.30. The molecule has 1 amide bonds. The number of carbonyl (C=O) groups excluding carboxylic acids is 1. The fourth-order valence-electron chi connectivity index (χ4n) is 2.24. The number of rotatable bonds is 5. The Morgan fingerprint density at radius 3 is 2.84 bits per heavy atom. The Morgan fingerprint density at radius 1 is 1.36 bits per heavy atom.